The van der Waals surface area contributed by atoms with Gasteiger partial charge in [0.2, 0.25) is 11.8 Å². The third kappa shape index (κ3) is 6.89. The van der Waals surface area contributed by atoms with E-state index in [9.17, 15) is 24.3 Å². The van der Waals surface area contributed by atoms with Gasteiger partial charge in [0, 0.05) is 32.6 Å². The van der Waals surface area contributed by atoms with E-state index in [1.807, 2.05) is 6.07 Å². The molecular formula is C28H40N4O5. The summed E-state index contributed by atoms with van der Waals surface area (Å²) in [5.41, 5.74) is 1.35. The van der Waals surface area contributed by atoms with Gasteiger partial charge < -0.3 is 20.2 Å². The molecule has 0 spiro atoms. The van der Waals surface area contributed by atoms with Gasteiger partial charge in [0.05, 0.1) is 5.92 Å². The first-order chi connectivity index (χ1) is 18.0. The number of carboxylic acids is 1. The number of unbranched alkanes of at least 4 members (excludes halogenated alkanes) is 3. The quantitative estimate of drug-likeness (QED) is 0.369. The van der Waals surface area contributed by atoms with Gasteiger partial charge in [-0.05, 0) is 63.1 Å². The van der Waals surface area contributed by atoms with Crippen LogP contribution in [0.15, 0.2) is 30.3 Å². The van der Waals surface area contributed by atoms with Crippen molar-refractivity contribution < 1.29 is 24.3 Å². The van der Waals surface area contributed by atoms with Crippen LogP contribution in [0.1, 0.15) is 56.9 Å². The fraction of sp³-hybridized carbons (Fsp3) is 0.643. The predicted octanol–water partition coefficient (Wildman–Crippen LogP) is 2.75. The first-order valence-electron chi connectivity index (χ1n) is 13.8. The molecule has 0 saturated carbocycles. The zero-order valence-electron chi connectivity index (χ0n) is 21.6. The maximum atomic E-state index is 13.0. The normalized spacial score (nSPS) is 22.6. The summed E-state index contributed by atoms with van der Waals surface area (Å²) in [6, 6.07) is 8.79. The minimum Gasteiger partial charge on any atom is -0.480 e. The molecule has 0 unspecified atom stereocenters. The number of β-lactam (4-membered cyclic amide) rings is 1. The van der Waals surface area contributed by atoms with E-state index < -0.39 is 24.0 Å². The number of nitrogens with one attached hydrogen (secondary N) is 1. The highest BCUT2D eigenvalue weighted by molar-refractivity contribution is 6.07. The second-order valence-corrected chi connectivity index (χ2v) is 10.6. The minimum absolute atomic E-state index is 0.0978. The molecule has 2 atom stereocenters. The Hall–Kier alpha value is -2.94. The average molecular weight is 513 g/mol. The summed E-state index contributed by atoms with van der Waals surface area (Å²) in [4.78, 5) is 54.6. The number of aliphatic carboxylic acids is 1. The summed E-state index contributed by atoms with van der Waals surface area (Å²) in [6.45, 7) is 3.22. The van der Waals surface area contributed by atoms with Gasteiger partial charge in [-0.15, -0.1) is 0 Å². The number of carboxylic acid groups (broad SMARTS) is 1. The smallest absolute Gasteiger partial charge is 0.327 e. The molecule has 2 N–H and O–H groups in total. The largest absolute Gasteiger partial charge is 0.480 e. The monoisotopic (exact) mass is 512 g/mol. The molecule has 202 valence electrons. The van der Waals surface area contributed by atoms with Crippen molar-refractivity contribution in [2.45, 2.75) is 63.8 Å². The van der Waals surface area contributed by atoms with Crippen molar-refractivity contribution in [2.24, 2.45) is 11.8 Å². The van der Waals surface area contributed by atoms with E-state index in [2.05, 4.69) is 29.6 Å². The molecule has 3 aliphatic rings. The number of nitrogens with zero attached hydrogens (tertiary/aromatic N) is 3. The Morgan fingerprint density at radius 1 is 0.892 bits per heavy atom. The topological polar surface area (TPSA) is 110 Å². The van der Waals surface area contributed by atoms with Crippen LogP contribution in [0.3, 0.4) is 0 Å². The van der Waals surface area contributed by atoms with Crippen LogP contribution in [0.25, 0.3) is 0 Å². The number of hydrogen-bond acceptors (Lipinski definition) is 5. The Bertz CT molecular complexity index is 941. The van der Waals surface area contributed by atoms with Crippen LogP contribution >= 0.6 is 0 Å². The Balaban J connectivity index is 1.16. The number of piperidine rings is 1. The summed E-state index contributed by atoms with van der Waals surface area (Å²) in [5.74, 6) is -1.71. The molecule has 0 aromatic heterocycles. The van der Waals surface area contributed by atoms with Gasteiger partial charge in [0.1, 0.15) is 0 Å². The second-order valence-electron chi connectivity index (χ2n) is 10.6. The SMILES string of the molecule is O=C(O)[C@@H]1[C@@H](CC2CCNCC2)C(=O)N1C(=O)N1CCN(C(=O)CCCCCCc2ccccc2)CC1. The van der Waals surface area contributed by atoms with Crippen LogP contribution < -0.4 is 5.32 Å². The maximum absolute atomic E-state index is 13.0. The van der Waals surface area contributed by atoms with Crippen LogP contribution in [-0.4, -0.2) is 88.9 Å². The van der Waals surface area contributed by atoms with Gasteiger partial charge in [0.15, 0.2) is 6.04 Å². The van der Waals surface area contributed by atoms with Crippen LogP contribution in [0.4, 0.5) is 4.79 Å². The van der Waals surface area contributed by atoms with Gasteiger partial charge in [-0.25, -0.2) is 14.5 Å². The lowest BCUT2D eigenvalue weighted by atomic mass is 9.78. The number of piperazine rings is 1. The second kappa shape index (κ2) is 13.0. The van der Waals surface area contributed by atoms with Crippen molar-refractivity contribution in [3.05, 3.63) is 35.9 Å². The first-order valence-corrected chi connectivity index (χ1v) is 13.8. The highest BCUT2D eigenvalue weighted by Crippen LogP contribution is 2.35. The lowest BCUT2D eigenvalue weighted by Crippen LogP contribution is -2.69. The Morgan fingerprint density at radius 3 is 2.22 bits per heavy atom. The summed E-state index contributed by atoms with van der Waals surface area (Å²) >= 11 is 0. The first kappa shape index (κ1) is 27.1. The Labute approximate surface area is 219 Å². The summed E-state index contributed by atoms with van der Waals surface area (Å²) < 4.78 is 0. The number of likely N-dealkylation sites (tertiary alicyclic amines) is 1. The zero-order chi connectivity index (χ0) is 26.2. The molecule has 1 aromatic rings. The molecule has 3 saturated heterocycles. The van der Waals surface area contributed by atoms with E-state index in [0.717, 1.165) is 62.9 Å². The fourth-order valence-electron chi connectivity index (χ4n) is 5.81. The van der Waals surface area contributed by atoms with Crippen molar-refractivity contribution in [3.63, 3.8) is 0 Å². The molecule has 0 bridgehead atoms. The number of hydrogen-bond donors (Lipinski definition) is 2. The maximum Gasteiger partial charge on any atom is 0.327 e. The van der Waals surface area contributed by atoms with E-state index in [-0.39, 0.29) is 11.8 Å². The van der Waals surface area contributed by atoms with Crippen LogP contribution in [0.2, 0.25) is 0 Å². The van der Waals surface area contributed by atoms with E-state index in [1.165, 1.54) is 10.5 Å². The van der Waals surface area contributed by atoms with Crippen LogP contribution in [0, 0.1) is 11.8 Å². The van der Waals surface area contributed by atoms with E-state index >= 15 is 0 Å². The van der Waals surface area contributed by atoms with Gasteiger partial charge in [-0.1, -0.05) is 43.2 Å². The fourth-order valence-corrected chi connectivity index (χ4v) is 5.81. The molecule has 3 heterocycles. The molecule has 3 fully saturated rings. The number of carbonyl (C=O) groups excluding carboxylic acids is 3. The van der Waals surface area contributed by atoms with Crippen molar-refractivity contribution >= 4 is 23.8 Å². The summed E-state index contributed by atoms with van der Waals surface area (Å²) in [7, 11) is 0. The molecule has 1 aromatic carbocycles. The molecule has 3 aliphatic heterocycles. The summed E-state index contributed by atoms with van der Waals surface area (Å²) in [5, 5.41) is 13.0. The molecule has 4 rings (SSSR count). The number of carbonyl (C=O) groups is 4. The molecule has 9 nitrogen and oxygen atoms in total. The van der Waals surface area contributed by atoms with Crippen molar-refractivity contribution in [1.29, 1.82) is 0 Å². The lowest BCUT2D eigenvalue weighted by molar-refractivity contribution is -0.167. The van der Waals surface area contributed by atoms with Crippen LogP contribution in [-0.2, 0) is 20.8 Å². The van der Waals surface area contributed by atoms with Gasteiger partial charge >= 0.3 is 12.0 Å². The van der Waals surface area contributed by atoms with E-state index in [4.69, 9.17) is 0 Å². The highest BCUT2D eigenvalue weighted by Gasteiger charge is 2.56. The van der Waals surface area contributed by atoms with Gasteiger partial charge in [-0.3, -0.25) is 9.59 Å². The van der Waals surface area contributed by atoms with Crippen molar-refractivity contribution in [2.75, 3.05) is 39.3 Å². The highest BCUT2D eigenvalue weighted by atomic mass is 16.4. The molecular weight excluding hydrogens is 472 g/mol. The molecule has 37 heavy (non-hydrogen) atoms. The van der Waals surface area contributed by atoms with E-state index in [1.54, 1.807) is 4.90 Å². The van der Waals surface area contributed by atoms with Crippen LogP contribution in [0.5, 0.6) is 0 Å². The molecule has 9 heteroatoms. The van der Waals surface area contributed by atoms with Gasteiger partial charge in [0.25, 0.3) is 0 Å². The third-order valence-corrected chi connectivity index (χ3v) is 8.07. The number of urea groups is 1. The van der Waals surface area contributed by atoms with Crippen molar-refractivity contribution in [3.8, 4) is 0 Å². The third-order valence-electron chi connectivity index (χ3n) is 8.07. The average Bonchev–Trinajstić information content (AvgIpc) is 2.92. The number of imide groups is 1. The molecule has 0 aliphatic carbocycles. The zero-order valence-corrected chi connectivity index (χ0v) is 21.6. The van der Waals surface area contributed by atoms with E-state index in [0.29, 0.717) is 44.9 Å². The Kier molecular flexibility index (Phi) is 9.55. The number of aryl methyl sites for hydroxylation is 1. The number of rotatable bonds is 10. The number of benzene rings is 1. The molecule has 0 radical (unpaired) electrons. The van der Waals surface area contributed by atoms with Crippen molar-refractivity contribution in [1.82, 2.24) is 20.0 Å². The van der Waals surface area contributed by atoms with Gasteiger partial charge in [-0.2, -0.15) is 0 Å². The lowest BCUT2D eigenvalue weighted by Gasteiger charge is -2.47. The summed E-state index contributed by atoms with van der Waals surface area (Å²) in [6.07, 6.45) is 8.02. The Morgan fingerprint density at radius 2 is 1.54 bits per heavy atom. The molecule has 4 amide bonds. The standard InChI is InChI=1S/C28H40N4O5/c33-24(11-7-2-1-4-8-21-9-5-3-6-10-21)30-16-18-31(19-17-30)28(37)32-25(27(35)36)23(26(32)34)20-22-12-14-29-15-13-22/h3,5-6,9-10,22-23,25,29H,1-2,4,7-8,11-20H2,(H,35,36)/t23-,25+/m1/s1. The predicted molar refractivity (Wildman–Crippen MR) is 139 cm³/mol. The number of amides is 4. The minimum atomic E-state index is -1.12.